The van der Waals surface area contributed by atoms with Crippen molar-refractivity contribution in [3.05, 3.63) is 0 Å². The standard InChI is InChI=1S/C10H23N.C6H15N/c1-3-5-7-9-11-10-8-6-4-2;1-3-5-7-6-4-2/h11H,3-10H2,1-2H3;7H,3-6H2,1-2H3. The molecule has 2 heteroatoms. The van der Waals surface area contributed by atoms with Crippen LogP contribution >= 0.6 is 0 Å². The molecule has 0 bridgehead atoms. The molecule has 2 N–H and O–H groups in total. The molecule has 0 fully saturated rings. The van der Waals surface area contributed by atoms with Crippen LogP contribution in [0.15, 0.2) is 0 Å². The summed E-state index contributed by atoms with van der Waals surface area (Å²) in [4.78, 5) is 0. The average Bonchev–Trinajstić information content (AvgIpc) is 2.39. The number of hydrogen-bond donors (Lipinski definition) is 2. The van der Waals surface area contributed by atoms with Gasteiger partial charge >= 0.3 is 0 Å². The molecule has 2 nitrogen and oxygen atoms in total. The van der Waals surface area contributed by atoms with Gasteiger partial charge in [0.25, 0.3) is 0 Å². The van der Waals surface area contributed by atoms with Crippen molar-refractivity contribution in [1.82, 2.24) is 10.6 Å². The lowest BCUT2D eigenvalue weighted by molar-refractivity contribution is 0.583. The van der Waals surface area contributed by atoms with Crippen molar-refractivity contribution in [3.63, 3.8) is 0 Å². The number of hydrogen-bond acceptors (Lipinski definition) is 2. The molecule has 18 heavy (non-hydrogen) atoms. The second-order valence-corrected chi connectivity index (χ2v) is 4.91. The van der Waals surface area contributed by atoms with Gasteiger partial charge in [0, 0.05) is 0 Å². The van der Waals surface area contributed by atoms with Crippen molar-refractivity contribution < 1.29 is 0 Å². The summed E-state index contributed by atoms with van der Waals surface area (Å²) >= 11 is 0. The molecule has 0 saturated carbocycles. The minimum atomic E-state index is 1.17. The third kappa shape index (κ3) is 24.9. The molecule has 0 atom stereocenters. The summed E-state index contributed by atoms with van der Waals surface area (Å²) in [5.74, 6) is 0. The zero-order valence-corrected chi connectivity index (χ0v) is 13.5. The molecule has 0 aliphatic carbocycles. The Balaban J connectivity index is 0. The van der Waals surface area contributed by atoms with Gasteiger partial charge in [0.1, 0.15) is 0 Å². The molecule has 0 unspecified atom stereocenters. The molecular weight excluding hydrogens is 220 g/mol. The van der Waals surface area contributed by atoms with Crippen LogP contribution in [-0.2, 0) is 0 Å². The zero-order chi connectivity index (χ0) is 13.9. The minimum absolute atomic E-state index is 1.17. The molecule has 0 aromatic heterocycles. The summed E-state index contributed by atoms with van der Waals surface area (Å²) in [6.45, 7) is 13.6. The SMILES string of the molecule is CCCCCNCCCCC.CCCNCCC. The van der Waals surface area contributed by atoms with Crippen molar-refractivity contribution in [1.29, 1.82) is 0 Å². The van der Waals surface area contributed by atoms with Crippen LogP contribution in [0.5, 0.6) is 0 Å². The van der Waals surface area contributed by atoms with Gasteiger partial charge in [-0.15, -0.1) is 0 Å². The van der Waals surface area contributed by atoms with Crippen LogP contribution in [0.3, 0.4) is 0 Å². The van der Waals surface area contributed by atoms with Crippen molar-refractivity contribution >= 4 is 0 Å². The highest BCUT2D eigenvalue weighted by Crippen LogP contribution is 1.93. The lowest BCUT2D eigenvalue weighted by Crippen LogP contribution is -2.16. The third-order valence-electron chi connectivity index (χ3n) is 2.77. The lowest BCUT2D eigenvalue weighted by atomic mass is 10.2. The molecule has 0 heterocycles. The summed E-state index contributed by atoms with van der Waals surface area (Å²) in [5, 5.41) is 6.74. The second-order valence-electron chi connectivity index (χ2n) is 4.91. The topological polar surface area (TPSA) is 24.1 Å². The summed E-state index contributed by atoms with van der Waals surface area (Å²) in [7, 11) is 0. The van der Waals surface area contributed by atoms with Gasteiger partial charge in [-0.05, 0) is 51.9 Å². The van der Waals surface area contributed by atoms with Crippen LogP contribution in [0.1, 0.15) is 79.1 Å². The van der Waals surface area contributed by atoms with E-state index < -0.39 is 0 Å². The molecule has 0 rings (SSSR count). The summed E-state index contributed by atoms with van der Waals surface area (Å²) < 4.78 is 0. The normalized spacial score (nSPS) is 10.0. The Morgan fingerprint density at radius 1 is 0.444 bits per heavy atom. The Bertz CT molecular complexity index is 104. The van der Waals surface area contributed by atoms with Gasteiger partial charge in [-0.1, -0.05) is 53.4 Å². The Hall–Kier alpha value is -0.0800. The van der Waals surface area contributed by atoms with Crippen molar-refractivity contribution in [2.75, 3.05) is 26.2 Å². The maximum Gasteiger partial charge on any atom is -0.00489 e. The van der Waals surface area contributed by atoms with E-state index in [4.69, 9.17) is 0 Å². The third-order valence-corrected chi connectivity index (χ3v) is 2.77. The van der Waals surface area contributed by atoms with Gasteiger partial charge in [0.2, 0.25) is 0 Å². The van der Waals surface area contributed by atoms with Crippen molar-refractivity contribution in [2.24, 2.45) is 0 Å². The number of unbranched alkanes of at least 4 members (excludes halogenated alkanes) is 4. The first kappa shape index (κ1) is 20.2. The van der Waals surface area contributed by atoms with Crippen LogP contribution < -0.4 is 10.6 Å². The highest BCUT2D eigenvalue weighted by molar-refractivity contribution is 4.48. The van der Waals surface area contributed by atoms with Gasteiger partial charge in [-0.25, -0.2) is 0 Å². The fourth-order valence-electron chi connectivity index (χ4n) is 1.60. The Kier molecular flexibility index (Phi) is 24.9. The maximum atomic E-state index is 3.46. The van der Waals surface area contributed by atoms with Gasteiger partial charge in [0.15, 0.2) is 0 Å². The smallest absolute Gasteiger partial charge is 0.00489 e. The zero-order valence-electron chi connectivity index (χ0n) is 13.5. The quantitative estimate of drug-likeness (QED) is 0.508. The van der Waals surface area contributed by atoms with Crippen LogP contribution in [0.2, 0.25) is 0 Å². The Labute approximate surface area is 116 Å². The predicted molar refractivity (Wildman–Crippen MR) is 85.4 cm³/mol. The highest BCUT2D eigenvalue weighted by atomic mass is 14.8. The van der Waals surface area contributed by atoms with Crippen molar-refractivity contribution in [3.8, 4) is 0 Å². The molecule has 0 spiro atoms. The van der Waals surface area contributed by atoms with Crippen molar-refractivity contribution in [2.45, 2.75) is 79.1 Å². The first-order valence-electron chi connectivity index (χ1n) is 8.24. The summed E-state index contributed by atoms with van der Waals surface area (Å²) in [5.41, 5.74) is 0. The van der Waals surface area contributed by atoms with E-state index in [2.05, 4.69) is 38.3 Å². The molecule has 0 aliphatic rings. The number of rotatable bonds is 12. The van der Waals surface area contributed by atoms with Gasteiger partial charge in [0.05, 0.1) is 0 Å². The molecule has 0 amide bonds. The van der Waals surface area contributed by atoms with Crippen LogP contribution in [-0.4, -0.2) is 26.2 Å². The fourth-order valence-corrected chi connectivity index (χ4v) is 1.60. The largest absolute Gasteiger partial charge is 0.317 e. The van der Waals surface area contributed by atoms with E-state index in [1.165, 1.54) is 77.5 Å². The lowest BCUT2D eigenvalue weighted by Gasteiger charge is -2.02. The van der Waals surface area contributed by atoms with E-state index in [0.717, 1.165) is 0 Å². The minimum Gasteiger partial charge on any atom is -0.317 e. The molecule has 0 aliphatic heterocycles. The molecular formula is C16H38N2. The first-order chi connectivity index (χ1) is 8.83. The first-order valence-corrected chi connectivity index (χ1v) is 8.24. The van der Waals surface area contributed by atoms with Gasteiger partial charge in [-0.2, -0.15) is 0 Å². The van der Waals surface area contributed by atoms with E-state index in [1.807, 2.05) is 0 Å². The summed E-state index contributed by atoms with van der Waals surface area (Å²) in [6, 6.07) is 0. The monoisotopic (exact) mass is 258 g/mol. The van der Waals surface area contributed by atoms with Crippen LogP contribution in [0.4, 0.5) is 0 Å². The predicted octanol–water partition coefficient (Wildman–Crippen LogP) is 4.35. The maximum absolute atomic E-state index is 3.46. The number of nitrogens with one attached hydrogen (secondary N) is 2. The van der Waals surface area contributed by atoms with Gasteiger partial charge < -0.3 is 10.6 Å². The van der Waals surface area contributed by atoms with Gasteiger partial charge in [-0.3, -0.25) is 0 Å². The Morgan fingerprint density at radius 2 is 0.833 bits per heavy atom. The second kappa shape index (κ2) is 22.1. The van der Waals surface area contributed by atoms with E-state index in [9.17, 15) is 0 Å². The Morgan fingerprint density at radius 3 is 1.17 bits per heavy atom. The summed E-state index contributed by atoms with van der Waals surface area (Å²) in [6.07, 6.45) is 10.6. The molecule has 0 saturated heterocycles. The molecule has 0 aromatic carbocycles. The van der Waals surface area contributed by atoms with E-state index in [-0.39, 0.29) is 0 Å². The van der Waals surface area contributed by atoms with Crippen LogP contribution in [0, 0.1) is 0 Å². The molecule has 0 radical (unpaired) electrons. The van der Waals surface area contributed by atoms with Crippen LogP contribution in [0.25, 0.3) is 0 Å². The van der Waals surface area contributed by atoms with E-state index >= 15 is 0 Å². The fraction of sp³-hybridized carbons (Fsp3) is 1.00. The van der Waals surface area contributed by atoms with E-state index in [0.29, 0.717) is 0 Å². The highest BCUT2D eigenvalue weighted by Gasteiger charge is 1.87. The molecule has 0 aromatic rings. The molecule has 112 valence electrons. The van der Waals surface area contributed by atoms with E-state index in [1.54, 1.807) is 0 Å². The average molecular weight is 258 g/mol.